The van der Waals surface area contributed by atoms with Gasteiger partial charge in [0.25, 0.3) is 0 Å². The predicted molar refractivity (Wildman–Crippen MR) is 145 cm³/mol. The van der Waals surface area contributed by atoms with E-state index in [1.54, 1.807) is 14.2 Å². The molecule has 4 aromatic carbocycles. The van der Waals surface area contributed by atoms with Crippen molar-refractivity contribution in [2.24, 2.45) is 0 Å². The molecule has 172 valence electrons. The van der Waals surface area contributed by atoms with Gasteiger partial charge in [-0.1, -0.05) is 78.4 Å². The minimum absolute atomic E-state index is 0.875. The molecule has 0 unspecified atom stereocenters. The minimum atomic E-state index is 0.875. The quantitative estimate of drug-likeness (QED) is 0.266. The van der Waals surface area contributed by atoms with E-state index in [2.05, 4.69) is 97.9 Å². The fourth-order valence-corrected chi connectivity index (χ4v) is 5.80. The molecule has 0 saturated heterocycles. The summed E-state index contributed by atoms with van der Waals surface area (Å²) in [6, 6.07) is 32.4. The number of benzene rings is 4. The average Bonchev–Trinajstić information content (AvgIpc) is 3.45. The van der Waals surface area contributed by atoms with E-state index >= 15 is 0 Å². The van der Waals surface area contributed by atoms with Crippen molar-refractivity contribution in [1.29, 1.82) is 0 Å². The lowest BCUT2D eigenvalue weighted by molar-refractivity contribution is 0.413. The molecule has 0 radical (unpaired) electrons. The van der Waals surface area contributed by atoms with Gasteiger partial charge in [0.2, 0.25) is 0 Å². The first-order valence-corrected chi connectivity index (χ1v) is 12.1. The Morgan fingerprint density at radius 2 is 1.29 bits per heavy atom. The van der Waals surface area contributed by atoms with Crippen LogP contribution in [0, 0.1) is 0 Å². The predicted octanol–water partition coefficient (Wildman–Crippen LogP) is 8.06. The summed E-state index contributed by atoms with van der Waals surface area (Å²) in [7, 11) is 3.51. The Kier molecular flexibility index (Phi) is 5.30. The van der Waals surface area contributed by atoms with E-state index in [0.717, 1.165) is 24.3 Å². The van der Waals surface area contributed by atoms with Crippen molar-refractivity contribution in [3.63, 3.8) is 0 Å². The van der Waals surface area contributed by atoms with Crippen LogP contribution in [0.5, 0.6) is 11.5 Å². The van der Waals surface area contributed by atoms with Crippen LogP contribution in [0.2, 0.25) is 0 Å². The van der Waals surface area contributed by atoms with Crippen LogP contribution in [0.25, 0.3) is 27.8 Å². The van der Waals surface area contributed by atoms with Gasteiger partial charge in [-0.05, 0) is 88.1 Å². The molecule has 2 aliphatic rings. The molecule has 0 atom stereocenters. The molecule has 2 nitrogen and oxygen atoms in total. The van der Waals surface area contributed by atoms with Gasteiger partial charge in [0.1, 0.15) is 11.5 Å². The van der Waals surface area contributed by atoms with Gasteiger partial charge >= 0.3 is 0 Å². The van der Waals surface area contributed by atoms with Crippen LogP contribution in [0.3, 0.4) is 0 Å². The second kappa shape index (κ2) is 8.63. The maximum absolute atomic E-state index is 6.01. The SMILES string of the molecule is COc1ccc2c(c1)Cc1c-2ccc(OC)c1C1=C(c2ccccc2)C(c2ccccc2)=C(C)C1. The third-order valence-corrected chi connectivity index (χ3v) is 7.31. The number of fused-ring (bicyclic) bond motifs is 3. The van der Waals surface area contributed by atoms with E-state index in [0.29, 0.717) is 0 Å². The number of ether oxygens (including phenoxy) is 2. The fourth-order valence-electron chi connectivity index (χ4n) is 5.80. The summed E-state index contributed by atoms with van der Waals surface area (Å²) in [5.74, 6) is 1.84. The smallest absolute Gasteiger partial charge is 0.126 e. The van der Waals surface area contributed by atoms with E-state index < -0.39 is 0 Å². The monoisotopic (exact) mass is 456 g/mol. The van der Waals surface area contributed by atoms with Crippen LogP contribution in [0.4, 0.5) is 0 Å². The van der Waals surface area contributed by atoms with Crippen LogP contribution < -0.4 is 9.47 Å². The normalized spacial score (nSPS) is 14.3. The van der Waals surface area contributed by atoms with Crippen molar-refractivity contribution < 1.29 is 9.47 Å². The number of hydrogen-bond donors (Lipinski definition) is 0. The number of methoxy groups -OCH3 is 2. The Hall–Kier alpha value is -4.04. The molecular formula is C33H28O2. The second-order valence-corrected chi connectivity index (χ2v) is 9.29. The van der Waals surface area contributed by atoms with Crippen molar-refractivity contribution in [2.75, 3.05) is 14.2 Å². The van der Waals surface area contributed by atoms with Gasteiger partial charge in [-0.3, -0.25) is 0 Å². The lowest BCUT2D eigenvalue weighted by atomic mass is 9.87. The zero-order chi connectivity index (χ0) is 23.9. The van der Waals surface area contributed by atoms with Gasteiger partial charge in [-0.25, -0.2) is 0 Å². The third kappa shape index (κ3) is 3.49. The van der Waals surface area contributed by atoms with Crippen molar-refractivity contribution >= 4 is 16.7 Å². The molecule has 0 saturated carbocycles. The molecule has 4 aromatic rings. The summed E-state index contributed by atoms with van der Waals surface area (Å²) in [6.45, 7) is 2.27. The Labute approximate surface area is 207 Å². The standard InChI is InChI=1S/C33H28O2/c1-21-18-29(32(23-12-8-5-9-13-23)31(21)22-10-6-4-7-11-22)33-28-20-24-19-25(34-2)14-15-26(24)27(28)16-17-30(33)35-3/h4-17,19H,18,20H2,1-3H3. The summed E-state index contributed by atoms with van der Waals surface area (Å²) in [6.07, 6.45) is 1.78. The zero-order valence-corrected chi connectivity index (χ0v) is 20.4. The first-order chi connectivity index (χ1) is 17.2. The van der Waals surface area contributed by atoms with Crippen LogP contribution in [-0.2, 0) is 6.42 Å². The van der Waals surface area contributed by atoms with Gasteiger partial charge in [0.05, 0.1) is 14.2 Å². The molecular weight excluding hydrogens is 428 g/mol. The molecule has 2 aliphatic carbocycles. The molecule has 6 rings (SSSR count). The van der Waals surface area contributed by atoms with E-state index in [1.807, 2.05) is 0 Å². The third-order valence-electron chi connectivity index (χ3n) is 7.31. The highest BCUT2D eigenvalue weighted by Crippen LogP contribution is 2.53. The highest BCUT2D eigenvalue weighted by atomic mass is 16.5. The maximum atomic E-state index is 6.01. The van der Waals surface area contributed by atoms with E-state index in [-0.39, 0.29) is 0 Å². The van der Waals surface area contributed by atoms with Crippen LogP contribution >= 0.6 is 0 Å². The van der Waals surface area contributed by atoms with Gasteiger partial charge in [0, 0.05) is 5.56 Å². The fraction of sp³-hybridized carbons (Fsp3) is 0.152. The summed E-state index contributed by atoms with van der Waals surface area (Å²) in [5, 5.41) is 0. The summed E-state index contributed by atoms with van der Waals surface area (Å²) >= 11 is 0. The molecule has 0 bridgehead atoms. The van der Waals surface area contributed by atoms with Gasteiger partial charge in [0.15, 0.2) is 0 Å². The lowest BCUT2D eigenvalue weighted by Gasteiger charge is -2.19. The van der Waals surface area contributed by atoms with E-state index in [4.69, 9.17) is 9.47 Å². The first-order valence-electron chi connectivity index (χ1n) is 12.1. The maximum Gasteiger partial charge on any atom is 0.126 e. The highest BCUT2D eigenvalue weighted by Gasteiger charge is 2.32. The summed E-state index contributed by atoms with van der Waals surface area (Å²) < 4.78 is 11.5. The minimum Gasteiger partial charge on any atom is -0.497 e. The highest BCUT2D eigenvalue weighted by molar-refractivity contribution is 6.20. The number of allylic oxidation sites excluding steroid dienone is 4. The van der Waals surface area contributed by atoms with Gasteiger partial charge in [-0.2, -0.15) is 0 Å². The summed E-state index contributed by atoms with van der Waals surface area (Å²) in [4.78, 5) is 0. The average molecular weight is 457 g/mol. The molecule has 0 aliphatic heterocycles. The first kappa shape index (κ1) is 21.5. The molecule has 0 spiro atoms. The van der Waals surface area contributed by atoms with Gasteiger partial charge < -0.3 is 9.47 Å². The second-order valence-electron chi connectivity index (χ2n) is 9.29. The molecule has 35 heavy (non-hydrogen) atoms. The molecule has 2 heteroatoms. The van der Waals surface area contributed by atoms with Crippen LogP contribution in [-0.4, -0.2) is 14.2 Å². The molecule has 0 amide bonds. The number of hydrogen-bond acceptors (Lipinski definition) is 2. The van der Waals surface area contributed by atoms with Crippen molar-refractivity contribution in [2.45, 2.75) is 19.8 Å². The largest absolute Gasteiger partial charge is 0.497 e. The van der Waals surface area contributed by atoms with Crippen molar-refractivity contribution in [3.8, 4) is 22.6 Å². The van der Waals surface area contributed by atoms with E-state index in [1.165, 1.54) is 61.2 Å². The van der Waals surface area contributed by atoms with Crippen LogP contribution in [0.15, 0.2) is 96.6 Å². The number of rotatable bonds is 5. The van der Waals surface area contributed by atoms with Crippen molar-refractivity contribution in [1.82, 2.24) is 0 Å². The van der Waals surface area contributed by atoms with E-state index in [9.17, 15) is 0 Å². The topological polar surface area (TPSA) is 18.5 Å². The summed E-state index contributed by atoms with van der Waals surface area (Å²) in [5.41, 5.74) is 14.4. The molecule has 0 heterocycles. The Balaban J connectivity index is 1.62. The van der Waals surface area contributed by atoms with Crippen LogP contribution in [0.1, 0.15) is 41.2 Å². The van der Waals surface area contributed by atoms with Crippen molar-refractivity contribution in [3.05, 3.63) is 124 Å². The molecule has 0 N–H and O–H groups in total. The lowest BCUT2D eigenvalue weighted by Crippen LogP contribution is -1.99. The van der Waals surface area contributed by atoms with Gasteiger partial charge in [-0.15, -0.1) is 0 Å². The Morgan fingerprint density at radius 3 is 1.94 bits per heavy atom. The Morgan fingerprint density at radius 1 is 0.629 bits per heavy atom. The molecule has 0 aromatic heterocycles. The zero-order valence-electron chi connectivity index (χ0n) is 20.4. The molecule has 0 fully saturated rings. The Bertz CT molecular complexity index is 1490.